The summed E-state index contributed by atoms with van der Waals surface area (Å²) >= 11 is 0. The lowest BCUT2D eigenvalue weighted by Crippen LogP contribution is -2.15. The Bertz CT molecular complexity index is 379. The third-order valence-electron chi connectivity index (χ3n) is 5.78. The van der Waals surface area contributed by atoms with Crippen LogP contribution in [0.5, 0.6) is 0 Å². The number of esters is 2. The molecule has 166 valence electrons. The molecule has 0 radical (unpaired) electrons. The number of ether oxygens (including phenoxy) is 2. The van der Waals surface area contributed by atoms with E-state index in [0.29, 0.717) is 24.7 Å². The zero-order valence-electron chi connectivity index (χ0n) is 19.1. The molecule has 0 bridgehead atoms. The van der Waals surface area contributed by atoms with E-state index in [2.05, 4.69) is 18.6 Å². The standard InChI is InChI=1S/C24H46O4/c1-21(2)22(20-24(26)28-4)18-16-14-12-10-8-6-5-7-9-11-13-15-17-19-23(25)27-3/h21-22H,5-20H2,1-4H3. The van der Waals surface area contributed by atoms with E-state index in [1.54, 1.807) is 0 Å². The Balaban J connectivity index is 3.35. The number of carbonyl (C=O) groups is 2. The summed E-state index contributed by atoms with van der Waals surface area (Å²) in [6, 6.07) is 0. The first kappa shape index (κ1) is 26.9. The van der Waals surface area contributed by atoms with Crippen molar-refractivity contribution >= 4 is 11.9 Å². The highest BCUT2D eigenvalue weighted by atomic mass is 16.5. The summed E-state index contributed by atoms with van der Waals surface area (Å²) in [4.78, 5) is 22.5. The molecule has 0 aliphatic heterocycles. The van der Waals surface area contributed by atoms with E-state index < -0.39 is 0 Å². The van der Waals surface area contributed by atoms with Crippen LogP contribution in [0.4, 0.5) is 0 Å². The Hall–Kier alpha value is -1.06. The summed E-state index contributed by atoms with van der Waals surface area (Å²) in [5.41, 5.74) is 0. The summed E-state index contributed by atoms with van der Waals surface area (Å²) in [5.74, 6) is 0.862. The van der Waals surface area contributed by atoms with Gasteiger partial charge in [0.2, 0.25) is 0 Å². The monoisotopic (exact) mass is 398 g/mol. The number of unbranched alkanes of at least 4 members (excludes halogenated alkanes) is 12. The summed E-state index contributed by atoms with van der Waals surface area (Å²) in [7, 11) is 2.94. The predicted molar refractivity (Wildman–Crippen MR) is 116 cm³/mol. The Kier molecular flexibility index (Phi) is 18.5. The second-order valence-electron chi connectivity index (χ2n) is 8.50. The maximum Gasteiger partial charge on any atom is 0.305 e. The summed E-state index contributed by atoms with van der Waals surface area (Å²) in [5, 5.41) is 0. The Morgan fingerprint density at radius 1 is 0.607 bits per heavy atom. The van der Waals surface area contributed by atoms with E-state index in [-0.39, 0.29) is 11.9 Å². The molecule has 0 saturated heterocycles. The lowest BCUT2D eigenvalue weighted by molar-refractivity contribution is -0.142. The van der Waals surface area contributed by atoms with Crippen molar-refractivity contribution in [3.63, 3.8) is 0 Å². The highest BCUT2D eigenvalue weighted by molar-refractivity contribution is 5.69. The molecule has 28 heavy (non-hydrogen) atoms. The highest BCUT2D eigenvalue weighted by Crippen LogP contribution is 2.23. The van der Waals surface area contributed by atoms with E-state index in [1.807, 2.05) is 0 Å². The molecular formula is C24H46O4. The maximum absolute atomic E-state index is 11.5. The first-order valence-corrected chi connectivity index (χ1v) is 11.6. The molecule has 1 atom stereocenters. The molecular weight excluding hydrogens is 352 g/mol. The molecule has 0 aliphatic rings. The molecule has 0 amide bonds. The van der Waals surface area contributed by atoms with Crippen molar-refractivity contribution in [1.29, 1.82) is 0 Å². The van der Waals surface area contributed by atoms with E-state index in [0.717, 1.165) is 19.3 Å². The highest BCUT2D eigenvalue weighted by Gasteiger charge is 2.17. The quantitative estimate of drug-likeness (QED) is 0.176. The molecule has 0 aromatic heterocycles. The molecule has 0 spiro atoms. The molecule has 4 heteroatoms. The van der Waals surface area contributed by atoms with Crippen molar-refractivity contribution in [2.24, 2.45) is 11.8 Å². The van der Waals surface area contributed by atoms with Crippen molar-refractivity contribution in [3.05, 3.63) is 0 Å². The van der Waals surface area contributed by atoms with Gasteiger partial charge in [0.25, 0.3) is 0 Å². The SMILES string of the molecule is COC(=O)CCCCCCCCCCCCCCCC(CC(=O)OC)C(C)C. The van der Waals surface area contributed by atoms with Gasteiger partial charge in [-0.3, -0.25) is 9.59 Å². The van der Waals surface area contributed by atoms with Crippen LogP contribution in [0, 0.1) is 11.8 Å². The second kappa shape index (κ2) is 19.3. The molecule has 0 heterocycles. The van der Waals surface area contributed by atoms with Gasteiger partial charge in [-0.1, -0.05) is 90.9 Å². The fourth-order valence-corrected chi connectivity index (χ4v) is 3.69. The van der Waals surface area contributed by atoms with Crippen LogP contribution in [0.2, 0.25) is 0 Å². The fourth-order valence-electron chi connectivity index (χ4n) is 3.69. The zero-order chi connectivity index (χ0) is 21.0. The summed E-state index contributed by atoms with van der Waals surface area (Å²) < 4.78 is 9.46. The Morgan fingerprint density at radius 3 is 1.39 bits per heavy atom. The first-order chi connectivity index (χ1) is 13.5. The van der Waals surface area contributed by atoms with Gasteiger partial charge in [-0.25, -0.2) is 0 Å². The van der Waals surface area contributed by atoms with Gasteiger partial charge >= 0.3 is 11.9 Å². The lowest BCUT2D eigenvalue weighted by atomic mass is 9.87. The minimum atomic E-state index is -0.0825. The topological polar surface area (TPSA) is 52.6 Å². The average molecular weight is 399 g/mol. The van der Waals surface area contributed by atoms with E-state index in [4.69, 9.17) is 4.74 Å². The number of hydrogen-bond donors (Lipinski definition) is 0. The molecule has 0 N–H and O–H groups in total. The van der Waals surface area contributed by atoms with Crippen LogP contribution in [-0.2, 0) is 19.1 Å². The van der Waals surface area contributed by atoms with Gasteiger partial charge in [0.1, 0.15) is 0 Å². The summed E-state index contributed by atoms with van der Waals surface area (Å²) in [6.45, 7) is 4.41. The molecule has 0 rings (SSSR count). The third kappa shape index (κ3) is 17.1. The predicted octanol–water partition coefficient (Wildman–Crippen LogP) is 6.85. The van der Waals surface area contributed by atoms with E-state index in [9.17, 15) is 9.59 Å². The van der Waals surface area contributed by atoms with Gasteiger partial charge in [-0.05, 0) is 24.7 Å². The van der Waals surface area contributed by atoms with E-state index in [1.165, 1.54) is 84.8 Å². The van der Waals surface area contributed by atoms with Crippen LogP contribution in [0.15, 0.2) is 0 Å². The maximum atomic E-state index is 11.5. The van der Waals surface area contributed by atoms with Crippen molar-refractivity contribution in [1.82, 2.24) is 0 Å². The van der Waals surface area contributed by atoms with Crippen LogP contribution in [0.25, 0.3) is 0 Å². The minimum Gasteiger partial charge on any atom is -0.469 e. The number of hydrogen-bond acceptors (Lipinski definition) is 4. The van der Waals surface area contributed by atoms with Gasteiger partial charge in [0, 0.05) is 12.8 Å². The van der Waals surface area contributed by atoms with Crippen LogP contribution in [0.3, 0.4) is 0 Å². The average Bonchev–Trinajstić information content (AvgIpc) is 2.69. The minimum absolute atomic E-state index is 0.0695. The number of carbonyl (C=O) groups excluding carboxylic acids is 2. The van der Waals surface area contributed by atoms with Gasteiger partial charge < -0.3 is 9.47 Å². The van der Waals surface area contributed by atoms with Gasteiger partial charge in [-0.2, -0.15) is 0 Å². The molecule has 0 fully saturated rings. The molecule has 4 nitrogen and oxygen atoms in total. The number of methoxy groups -OCH3 is 2. The molecule has 0 aliphatic carbocycles. The van der Waals surface area contributed by atoms with Crippen molar-refractivity contribution in [2.45, 2.75) is 117 Å². The number of rotatable bonds is 19. The van der Waals surface area contributed by atoms with Crippen molar-refractivity contribution in [2.75, 3.05) is 14.2 Å². The normalized spacial score (nSPS) is 12.2. The fraction of sp³-hybridized carbons (Fsp3) is 0.917. The Labute approximate surface area is 174 Å². The second-order valence-corrected chi connectivity index (χ2v) is 8.50. The van der Waals surface area contributed by atoms with Gasteiger partial charge in [0.15, 0.2) is 0 Å². The molecule has 0 saturated carbocycles. The van der Waals surface area contributed by atoms with Gasteiger partial charge in [0.05, 0.1) is 14.2 Å². The van der Waals surface area contributed by atoms with Crippen LogP contribution < -0.4 is 0 Å². The summed E-state index contributed by atoms with van der Waals surface area (Å²) in [6.07, 6.45) is 18.9. The first-order valence-electron chi connectivity index (χ1n) is 11.6. The van der Waals surface area contributed by atoms with Crippen LogP contribution in [-0.4, -0.2) is 26.2 Å². The third-order valence-corrected chi connectivity index (χ3v) is 5.78. The van der Waals surface area contributed by atoms with Crippen molar-refractivity contribution < 1.29 is 19.1 Å². The lowest BCUT2D eigenvalue weighted by Gasteiger charge is -2.19. The molecule has 1 unspecified atom stereocenters. The van der Waals surface area contributed by atoms with Crippen LogP contribution >= 0.6 is 0 Å². The van der Waals surface area contributed by atoms with E-state index >= 15 is 0 Å². The van der Waals surface area contributed by atoms with Crippen molar-refractivity contribution in [3.8, 4) is 0 Å². The molecule has 0 aromatic carbocycles. The van der Waals surface area contributed by atoms with Crippen LogP contribution in [0.1, 0.15) is 117 Å². The zero-order valence-corrected chi connectivity index (χ0v) is 19.1. The smallest absolute Gasteiger partial charge is 0.305 e. The van der Waals surface area contributed by atoms with Gasteiger partial charge in [-0.15, -0.1) is 0 Å². The Morgan fingerprint density at radius 2 is 1.00 bits per heavy atom. The molecule has 0 aromatic rings. The largest absolute Gasteiger partial charge is 0.469 e.